The number of likely N-dealkylation sites (N-methyl/N-ethyl adjacent to an activating group) is 1. The van der Waals surface area contributed by atoms with Crippen LogP contribution in [-0.4, -0.2) is 55.6 Å². The minimum absolute atomic E-state index is 0.0243. The SMILES string of the molecule is CC(C)CNC(=O)[C@@H](Cc1ccccc1)N(Cc1cccc(Br)c1)C(=O)CN(C)S(=O)(=O)c1ccc(Cl)cc1. The Bertz CT molecular complexity index is 1370. The number of nitrogens with zero attached hydrogens (tertiary/aromatic N) is 2. The van der Waals surface area contributed by atoms with E-state index in [2.05, 4.69) is 21.2 Å². The van der Waals surface area contributed by atoms with E-state index in [0.717, 1.165) is 19.9 Å². The van der Waals surface area contributed by atoms with Gasteiger partial charge in [0, 0.05) is 36.1 Å². The number of nitrogens with one attached hydrogen (secondary N) is 1. The minimum atomic E-state index is -3.97. The van der Waals surface area contributed by atoms with E-state index < -0.39 is 28.5 Å². The molecule has 0 radical (unpaired) electrons. The van der Waals surface area contributed by atoms with Gasteiger partial charge >= 0.3 is 0 Å². The normalized spacial score (nSPS) is 12.4. The number of sulfonamides is 1. The Labute approximate surface area is 244 Å². The lowest BCUT2D eigenvalue weighted by Crippen LogP contribution is -2.53. The van der Waals surface area contributed by atoms with Crippen molar-refractivity contribution in [2.45, 2.75) is 37.8 Å². The summed E-state index contributed by atoms with van der Waals surface area (Å²) in [6, 6.07) is 21.8. The number of carbonyl (C=O) groups excluding carboxylic acids is 2. The molecule has 2 amide bonds. The molecule has 7 nitrogen and oxygen atoms in total. The smallest absolute Gasteiger partial charge is 0.243 e. The first kappa shape index (κ1) is 30.8. The summed E-state index contributed by atoms with van der Waals surface area (Å²) >= 11 is 9.39. The molecule has 39 heavy (non-hydrogen) atoms. The van der Waals surface area contributed by atoms with Crippen LogP contribution in [0.1, 0.15) is 25.0 Å². The van der Waals surface area contributed by atoms with Crippen molar-refractivity contribution in [1.82, 2.24) is 14.5 Å². The number of rotatable bonds is 12. The second-order valence-electron chi connectivity index (χ2n) is 9.71. The molecule has 0 unspecified atom stereocenters. The van der Waals surface area contributed by atoms with Gasteiger partial charge in [-0.15, -0.1) is 0 Å². The highest BCUT2D eigenvalue weighted by molar-refractivity contribution is 9.10. The molecule has 10 heteroatoms. The maximum atomic E-state index is 13.9. The van der Waals surface area contributed by atoms with Crippen molar-refractivity contribution in [3.8, 4) is 0 Å². The van der Waals surface area contributed by atoms with Crippen LogP contribution in [0, 0.1) is 5.92 Å². The van der Waals surface area contributed by atoms with Crippen molar-refractivity contribution < 1.29 is 18.0 Å². The molecule has 3 rings (SSSR count). The third-order valence-electron chi connectivity index (χ3n) is 6.08. The lowest BCUT2D eigenvalue weighted by atomic mass is 10.0. The molecule has 0 bridgehead atoms. The second-order valence-corrected chi connectivity index (χ2v) is 13.1. The van der Waals surface area contributed by atoms with E-state index in [9.17, 15) is 18.0 Å². The summed E-state index contributed by atoms with van der Waals surface area (Å²) < 4.78 is 28.2. The van der Waals surface area contributed by atoms with Crippen LogP contribution >= 0.6 is 27.5 Å². The quantitative estimate of drug-likeness (QED) is 0.299. The van der Waals surface area contributed by atoms with Gasteiger partial charge < -0.3 is 10.2 Å². The molecule has 0 aromatic heterocycles. The van der Waals surface area contributed by atoms with Crippen LogP contribution in [0.25, 0.3) is 0 Å². The highest BCUT2D eigenvalue weighted by atomic mass is 79.9. The van der Waals surface area contributed by atoms with Crippen molar-refractivity contribution >= 4 is 49.4 Å². The lowest BCUT2D eigenvalue weighted by molar-refractivity contribution is -0.141. The Morgan fingerprint density at radius 1 is 0.949 bits per heavy atom. The topological polar surface area (TPSA) is 86.8 Å². The third kappa shape index (κ3) is 8.89. The second kappa shape index (κ2) is 14.1. The molecule has 0 fully saturated rings. The molecule has 0 spiro atoms. The highest BCUT2D eigenvalue weighted by Gasteiger charge is 2.33. The molecule has 208 valence electrons. The fourth-order valence-corrected chi connectivity index (χ4v) is 5.65. The fraction of sp³-hybridized carbons (Fsp3) is 0.310. The van der Waals surface area contributed by atoms with Gasteiger partial charge in [-0.3, -0.25) is 9.59 Å². The van der Waals surface area contributed by atoms with Crippen LogP contribution in [0.3, 0.4) is 0 Å². The van der Waals surface area contributed by atoms with Gasteiger partial charge in [-0.05, 0) is 53.4 Å². The van der Waals surface area contributed by atoms with Gasteiger partial charge in [0.2, 0.25) is 21.8 Å². The molecule has 3 aromatic rings. The minimum Gasteiger partial charge on any atom is -0.354 e. The largest absolute Gasteiger partial charge is 0.354 e. The van der Waals surface area contributed by atoms with Gasteiger partial charge in [0.15, 0.2) is 0 Å². The summed E-state index contributed by atoms with van der Waals surface area (Å²) in [5, 5.41) is 3.37. The molecule has 3 aromatic carbocycles. The Balaban J connectivity index is 1.96. The first-order valence-corrected chi connectivity index (χ1v) is 15.2. The van der Waals surface area contributed by atoms with E-state index in [1.165, 1.54) is 36.2 Å². The van der Waals surface area contributed by atoms with E-state index in [0.29, 0.717) is 11.6 Å². The van der Waals surface area contributed by atoms with Crippen LogP contribution in [0.15, 0.2) is 88.2 Å². The summed E-state index contributed by atoms with van der Waals surface area (Å²) in [6.07, 6.45) is 0.276. The summed E-state index contributed by atoms with van der Waals surface area (Å²) in [6.45, 7) is 4.12. The van der Waals surface area contributed by atoms with Crippen molar-refractivity contribution in [1.29, 1.82) is 0 Å². The zero-order chi connectivity index (χ0) is 28.6. The molecule has 0 aliphatic heterocycles. The average molecular weight is 635 g/mol. The van der Waals surface area contributed by atoms with E-state index in [1.807, 2.05) is 68.4 Å². The van der Waals surface area contributed by atoms with E-state index in [4.69, 9.17) is 11.6 Å². The Morgan fingerprint density at radius 2 is 1.59 bits per heavy atom. The van der Waals surface area contributed by atoms with E-state index >= 15 is 0 Å². The summed E-state index contributed by atoms with van der Waals surface area (Å²) in [7, 11) is -2.62. The Hall–Kier alpha value is -2.72. The van der Waals surface area contributed by atoms with Gasteiger partial charge in [0.1, 0.15) is 6.04 Å². The molecule has 0 aliphatic carbocycles. The first-order valence-electron chi connectivity index (χ1n) is 12.5. The van der Waals surface area contributed by atoms with Crippen molar-refractivity contribution in [2.24, 2.45) is 5.92 Å². The van der Waals surface area contributed by atoms with Crippen molar-refractivity contribution in [3.05, 3.63) is 99.5 Å². The van der Waals surface area contributed by atoms with Gasteiger partial charge in [0.05, 0.1) is 11.4 Å². The molecule has 1 atom stereocenters. The van der Waals surface area contributed by atoms with Crippen molar-refractivity contribution in [3.63, 3.8) is 0 Å². The summed E-state index contributed by atoms with van der Waals surface area (Å²) in [5.41, 5.74) is 1.69. The maximum absolute atomic E-state index is 13.9. The van der Waals surface area contributed by atoms with Gasteiger partial charge in [-0.1, -0.05) is 83.8 Å². The zero-order valence-electron chi connectivity index (χ0n) is 22.2. The standard InChI is InChI=1S/C29H33BrClN3O4S/c1-21(2)18-32-29(36)27(17-22-8-5-4-6-9-22)34(19-23-10-7-11-24(30)16-23)28(35)20-33(3)39(37,38)26-14-12-25(31)13-15-26/h4-16,21,27H,17-20H2,1-3H3,(H,32,36)/t27-/m1/s1. The van der Waals surface area contributed by atoms with Crippen LogP contribution in [-0.2, 0) is 32.6 Å². The maximum Gasteiger partial charge on any atom is 0.243 e. The van der Waals surface area contributed by atoms with E-state index in [1.54, 1.807) is 0 Å². The molecular formula is C29H33BrClN3O4S. The number of benzene rings is 3. The van der Waals surface area contributed by atoms with E-state index in [-0.39, 0.29) is 29.7 Å². The Morgan fingerprint density at radius 3 is 2.21 bits per heavy atom. The summed E-state index contributed by atoms with van der Waals surface area (Å²) in [5.74, 6) is -0.564. The monoisotopic (exact) mass is 633 g/mol. The third-order valence-corrected chi connectivity index (χ3v) is 8.64. The van der Waals surface area contributed by atoms with Crippen LogP contribution in [0.5, 0.6) is 0 Å². The molecule has 0 saturated carbocycles. The molecule has 0 aliphatic rings. The van der Waals surface area contributed by atoms with Gasteiger partial charge in [-0.2, -0.15) is 4.31 Å². The number of carbonyl (C=O) groups is 2. The molecule has 0 saturated heterocycles. The van der Waals surface area contributed by atoms with Gasteiger partial charge in [-0.25, -0.2) is 8.42 Å². The molecule has 1 N–H and O–H groups in total. The summed E-state index contributed by atoms with van der Waals surface area (Å²) in [4.78, 5) is 28.9. The first-order chi connectivity index (χ1) is 18.5. The van der Waals surface area contributed by atoms with Crippen LogP contribution < -0.4 is 5.32 Å². The van der Waals surface area contributed by atoms with Crippen LogP contribution in [0.2, 0.25) is 5.02 Å². The number of hydrogen-bond donors (Lipinski definition) is 1. The average Bonchev–Trinajstić information content (AvgIpc) is 2.90. The number of hydrogen-bond acceptors (Lipinski definition) is 4. The van der Waals surface area contributed by atoms with Crippen LogP contribution in [0.4, 0.5) is 0 Å². The van der Waals surface area contributed by atoms with Crippen molar-refractivity contribution in [2.75, 3.05) is 20.1 Å². The highest BCUT2D eigenvalue weighted by Crippen LogP contribution is 2.21. The van der Waals surface area contributed by atoms with Gasteiger partial charge in [0.25, 0.3) is 0 Å². The lowest BCUT2D eigenvalue weighted by Gasteiger charge is -2.33. The number of halogens is 2. The molecular weight excluding hydrogens is 602 g/mol. The molecule has 0 heterocycles. The Kier molecular flexibility index (Phi) is 11.1. The zero-order valence-corrected chi connectivity index (χ0v) is 25.3. The predicted octanol–water partition coefficient (Wildman–Crippen LogP) is 5.14. The number of amides is 2. The predicted molar refractivity (Wildman–Crippen MR) is 158 cm³/mol. The fourth-order valence-electron chi connectivity index (χ4n) is 3.96.